The molecule has 0 radical (unpaired) electrons. The number of para-hydroxylation sites is 1. The number of nitrogens with zero attached hydrogens (tertiary/aromatic N) is 3. The van der Waals surface area contributed by atoms with E-state index in [-0.39, 0.29) is 5.91 Å². The number of nitrogens with one attached hydrogen (secondary N) is 1. The molecule has 1 heterocycles. The van der Waals surface area contributed by atoms with E-state index in [0.717, 1.165) is 30.8 Å². The van der Waals surface area contributed by atoms with Gasteiger partial charge >= 0.3 is 0 Å². The first-order valence-electron chi connectivity index (χ1n) is 8.23. The van der Waals surface area contributed by atoms with Crippen LogP contribution in [0, 0.1) is 0 Å². The Labute approximate surface area is 143 Å². The molecule has 1 aromatic carbocycles. The van der Waals surface area contributed by atoms with Gasteiger partial charge in [-0.15, -0.1) is 0 Å². The Bertz CT molecular complexity index is 613. The minimum Gasteiger partial charge on any atom is -0.383 e. The number of anilines is 1. The molecule has 1 N–H and O–H groups in total. The number of methoxy groups -OCH3 is 1. The Morgan fingerprint density at radius 1 is 1.33 bits per heavy atom. The van der Waals surface area contributed by atoms with Crippen LogP contribution in [0.4, 0.5) is 5.69 Å². The number of hydrogen-bond donors (Lipinski definition) is 1. The highest BCUT2D eigenvalue weighted by molar-refractivity contribution is 5.76. The van der Waals surface area contributed by atoms with Gasteiger partial charge in [0.2, 0.25) is 5.91 Å². The first-order valence-corrected chi connectivity index (χ1v) is 8.23. The molecule has 0 saturated heterocycles. The van der Waals surface area contributed by atoms with E-state index < -0.39 is 0 Å². The molecular weight excluding hydrogens is 304 g/mol. The average Bonchev–Trinajstić information content (AvgIpc) is 3.11. The van der Waals surface area contributed by atoms with Gasteiger partial charge in [-0.1, -0.05) is 18.2 Å². The summed E-state index contributed by atoms with van der Waals surface area (Å²) in [4.78, 5) is 14.2. The van der Waals surface area contributed by atoms with Gasteiger partial charge < -0.3 is 15.0 Å². The first-order chi connectivity index (χ1) is 11.7. The van der Waals surface area contributed by atoms with Crippen LogP contribution < -0.4 is 10.2 Å². The maximum atomic E-state index is 12.0. The normalized spacial score (nSPS) is 10.6. The Hall–Kier alpha value is -2.34. The van der Waals surface area contributed by atoms with Crippen LogP contribution in [0.25, 0.3) is 0 Å². The molecule has 6 nitrogen and oxygen atoms in total. The predicted octanol–water partition coefficient (Wildman–Crippen LogP) is 2.06. The lowest BCUT2D eigenvalue weighted by atomic mass is 10.1. The van der Waals surface area contributed by atoms with E-state index in [1.807, 2.05) is 42.2 Å². The van der Waals surface area contributed by atoms with Crippen molar-refractivity contribution in [2.75, 3.05) is 32.2 Å². The summed E-state index contributed by atoms with van der Waals surface area (Å²) in [6.45, 7) is 2.78. The van der Waals surface area contributed by atoms with E-state index in [2.05, 4.69) is 21.4 Å². The number of ether oxygens (including phenoxy) is 1. The van der Waals surface area contributed by atoms with Gasteiger partial charge in [-0.2, -0.15) is 5.10 Å². The zero-order valence-electron chi connectivity index (χ0n) is 14.4. The Morgan fingerprint density at radius 2 is 2.17 bits per heavy atom. The predicted molar refractivity (Wildman–Crippen MR) is 94.9 cm³/mol. The van der Waals surface area contributed by atoms with Gasteiger partial charge in [0.15, 0.2) is 0 Å². The first kappa shape index (κ1) is 18.0. The van der Waals surface area contributed by atoms with Crippen molar-refractivity contribution in [3.8, 4) is 0 Å². The number of rotatable bonds is 10. The van der Waals surface area contributed by atoms with Crippen LogP contribution in [-0.4, -0.2) is 43.0 Å². The molecule has 6 heteroatoms. The summed E-state index contributed by atoms with van der Waals surface area (Å²) in [6, 6.07) is 10.00. The maximum Gasteiger partial charge on any atom is 0.220 e. The third-order valence-electron chi connectivity index (χ3n) is 3.86. The maximum absolute atomic E-state index is 12.0. The molecule has 0 unspecified atom stereocenters. The molecule has 0 spiro atoms. The van der Waals surface area contributed by atoms with Crippen LogP contribution in [0.5, 0.6) is 0 Å². The van der Waals surface area contributed by atoms with Crippen LogP contribution in [0.3, 0.4) is 0 Å². The molecule has 0 saturated carbocycles. The minimum atomic E-state index is 0.0662. The summed E-state index contributed by atoms with van der Waals surface area (Å²) in [6.07, 6.45) is 4.94. The second kappa shape index (κ2) is 9.72. The standard InChI is InChI=1S/C18H26N4O2/c1-21(13-14-24-2)17-8-4-3-7-16(17)15-19-18(23)9-5-11-22-12-6-10-20-22/h3-4,6-8,10,12H,5,9,11,13-15H2,1-2H3,(H,19,23). The van der Waals surface area contributed by atoms with Crippen molar-refractivity contribution in [1.82, 2.24) is 15.1 Å². The summed E-state index contributed by atoms with van der Waals surface area (Å²) >= 11 is 0. The Morgan fingerprint density at radius 3 is 2.92 bits per heavy atom. The molecule has 0 aliphatic heterocycles. The summed E-state index contributed by atoms with van der Waals surface area (Å²) in [7, 11) is 3.73. The van der Waals surface area contributed by atoms with Crippen LogP contribution >= 0.6 is 0 Å². The SMILES string of the molecule is COCCN(C)c1ccccc1CNC(=O)CCCn1cccn1. The third-order valence-corrected chi connectivity index (χ3v) is 3.86. The van der Waals surface area contributed by atoms with Crippen molar-refractivity contribution in [2.45, 2.75) is 25.9 Å². The summed E-state index contributed by atoms with van der Waals surface area (Å²) in [5.74, 6) is 0.0662. The number of carbonyl (C=O) groups is 1. The van der Waals surface area contributed by atoms with E-state index in [1.165, 1.54) is 0 Å². The van der Waals surface area contributed by atoms with Crippen LogP contribution in [-0.2, 0) is 22.6 Å². The van der Waals surface area contributed by atoms with Crippen molar-refractivity contribution in [3.05, 3.63) is 48.3 Å². The number of hydrogen-bond acceptors (Lipinski definition) is 4. The molecule has 2 aromatic rings. The zero-order valence-corrected chi connectivity index (χ0v) is 14.4. The van der Waals surface area contributed by atoms with Gasteiger partial charge in [0, 0.05) is 58.3 Å². The number of likely N-dealkylation sites (N-methyl/N-ethyl adjacent to an activating group) is 1. The second-order valence-electron chi connectivity index (χ2n) is 5.69. The minimum absolute atomic E-state index is 0.0662. The number of benzene rings is 1. The van der Waals surface area contributed by atoms with E-state index in [9.17, 15) is 4.79 Å². The van der Waals surface area contributed by atoms with Crippen molar-refractivity contribution in [2.24, 2.45) is 0 Å². The van der Waals surface area contributed by atoms with Crippen molar-refractivity contribution in [3.63, 3.8) is 0 Å². The van der Waals surface area contributed by atoms with E-state index in [4.69, 9.17) is 4.74 Å². The molecular formula is C18H26N4O2. The third kappa shape index (κ3) is 5.70. The monoisotopic (exact) mass is 330 g/mol. The smallest absolute Gasteiger partial charge is 0.220 e. The van der Waals surface area contributed by atoms with Crippen LogP contribution in [0.1, 0.15) is 18.4 Å². The van der Waals surface area contributed by atoms with E-state index in [1.54, 1.807) is 13.3 Å². The van der Waals surface area contributed by atoms with Crippen molar-refractivity contribution in [1.29, 1.82) is 0 Å². The quantitative estimate of drug-likeness (QED) is 0.724. The number of aromatic nitrogens is 2. The molecule has 1 aromatic heterocycles. The lowest BCUT2D eigenvalue weighted by molar-refractivity contribution is -0.121. The van der Waals surface area contributed by atoms with Gasteiger partial charge in [0.1, 0.15) is 0 Å². The van der Waals surface area contributed by atoms with Crippen molar-refractivity contribution < 1.29 is 9.53 Å². The summed E-state index contributed by atoms with van der Waals surface area (Å²) < 4.78 is 6.97. The van der Waals surface area contributed by atoms with E-state index in [0.29, 0.717) is 19.6 Å². The molecule has 0 aliphatic carbocycles. The van der Waals surface area contributed by atoms with Gasteiger partial charge in [-0.25, -0.2) is 0 Å². The molecule has 0 atom stereocenters. The van der Waals surface area contributed by atoms with Gasteiger partial charge in [0.05, 0.1) is 6.61 Å². The molecule has 1 amide bonds. The topological polar surface area (TPSA) is 59.4 Å². The molecule has 2 rings (SSSR count). The van der Waals surface area contributed by atoms with Crippen LogP contribution in [0.15, 0.2) is 42.7 Å². The van der Waals surface area contributed by atoms with E-state index >= 15 is 0 Å². The number of carbonyl (C=O) groups excluding carboxylic acids is 1. The molecule has 0 aliphatic rings. The highest BCUT2D eigenvalue weighted by atomic mass is 16.5. The highest BCUT2D eigenvalue weighted by Crippen LogP contribution is 2.18. The molecule has 0 bridgehead atoms. The lowest BCUT2D eigenvalue weighted by Crippen LogP contribution is -2.26. The zero-order chi connectivity index (χ0) is 17.2. The molecule has 24 heavy (non-hydrogen) atoms. The number of amides is 1. The summed E-state index contributed by atoms with van der Waals surface area (Å²) in [5.41, 5.74) is 2.22. The fourth-order valence-corrected chi connectivity index (χ4v) is 2.50. The second-order valence-corrected chi connectivity index (χ2v) is 5.69. The molecule has 0 fully saturated rings. The lowest BCUT2D eigenvalue weighted by Gasteiger charge is -2.22. The Balaban J connectivity index is 1.79. The molecule has 130 valence electrons. The Kier molecular flexibility index (Phi) is 7.29. The van der Waals surface area contributed by atoms with Gasteiger partial charge in [-0.05, 0) is 24.1 Å². The average molecular weight is 330 g/mol. The highest BCUT2D eigenvalue weighted by Gasteiger charge is 2.08. The van der Waals surface area contributed by atoms with Gasteiger partial charge in [0.25, 0.3) is 0 Å². The number of aryl methyl sites for hydroxylation is 1. The largest absolute Gasteiger partial charge is 0.383 e. The fraction of sp³-hybridized carbons (Fsp3) is 0.444. The van der Waals surface area contributed by atoms with Crippen LogP contribution in [0.2, 0.25) is 0 Å². The van der Waals surface area contributed by atoms with Gasteiger partial charge in [-0.3, -0.25) is 9.48 Å². The van der Waals surface area contributed by atoms with Crippen molar-refractivity contribution >= 4 is 11.6 Å². The summed E-state index contributed by atoms with van der Waals surface area (Å²) in [5, 5.41) is 7.14. The fourth-order valence-electron chi connectivity index (χ4n) is 2.50.